The van der Waals surface area contributed by atoms with Gasteiger partial charge in [-0.3, -0.25) is 0 Å². The molecule has 0 aliphatic carbocycles. The van der Waals surface area contributed by atoms with Crippen LogP contribution in [0.4, 0.5) is 4.39 Å². The van der Waals surface area contributed by atoms with Gasteiger partial charge in [-0.2, -0.15) is 0 Å². The van der Waals surface area contributed by atoms with Crippen molar-refractivity contribution in [1.82, 2.24) is 4.72 Å². The van der Waals surface area contributed by atoms with E-state index in [0.717, 1.165) is 6.07 Å². The summed E-state index contributed by atoms with van der Waals surface area (Å²) in [4.78, 5) is -0.410. The van der Waals surface area contributed by atoms with Gasteiger partial charge in [-0.25, -0.2) is 17.5 Å². The van der Waals surface area contributed by atoms with Crippen LogP contribution in [-0.2, 0) is 10.0 Å². The van der Waals surface area contributed by atoms with Crippen LogP contribution >= 0.6 is 0 Å². The van der Waals surface area contributed by atoms with Gasteiger partial charge in [0.15, 0.2) is 0 Å². The van der Waals surface area contributed by atoms with Crippen LogP contribution in [-0.4, -0.2) is 25.7 Å². The first kappa shape index (κ1) is 14.1. The molecule has 0 bridgehead atoms. The van der Waals surface area contributed by atoms with Crippen molar-refractivity contribution in [2.75, 3.05) is 6.54 Å². The molecule has 0 amide bonds. The van der Waals surface area contributed by atoms with E-state index in [9.17, 15) is 17.9 Å². The molecule has 0 saturated heterocycles. The minimum absolute atomic E-state index is 0.178. The molecule has 0 fully saturated rings. The summed E-state index contributed by atoms with van der Waals surface area (Å²) in [6, 6.07) is 3.87. The summed E-state index contributed by atoms with van der Waals surface area (Å²) in [5.74, 6) is -0.798. The fourth-order valence-corrected chi connectivity index (χ4v) is 2.43. The van der Waals surface area contributed by atoms with Crippen LogP contribution in [0.5, 0.6) is 0 Å². The Morgan fingerprint density at radius 3 is 2.47 bits per heavy atom. The van der Waals surface area contributed by atoms with Crippen LogP contribution in [0.3, 0.4) is 0 Å². The number of nitrogens with one attached hydrogen (secondary N) is 1. The number of benzene rings is 1. The fourth-order valence-electron chi connectivity index (χ4n) is 1.17. The third-order valence-corrected chi connectivity index (χ3v) is 3.51. The molecule has 0 saturated carbocycles. The number of hydrogen-bond donors (Lipinski definition) is 2. The van der Waals surface area contributed by atoms with Crippen LogP contribution in [0.15, 0.2) is 23.1 Å². The van der Waals surface area contributed by atoms with E-state index in [1.54, 1.807) is 6.92 Å². The van der Waals surface area contributed by atoms with Gasteiger partial charge in [0.25, 0.3) is 0 Å². The van der Waals surface area contributed by atoms with E-state index in [-0.39, 0.29) is 6.54 Å². The Labute approximate surface area is 101 Å². The predicted octanol–water partition coefficient (Wildman–Crippen LogP) is 1.18. The average Bonchev–Trinajstić information content (AvgIpc) is 2.13. The molecule has 96 valence electrons. The summed E-state index contributed by atoms with van der Waals surface area (Å²) < 4.78 is 39.1. The van der Waals surface area contributed by atoms with Gasteiger partial charge in [-0.1, -0.05) is 6.07 Å². The van der Waals surface area contributed by atoms with Crippen molar-refractivity contribution >= 4 is 10.0 Å². The summed E-state index contributed by atoms with van der Waals surface area (Å²) in [7, 11) is -3.93. The first-order valence-corrected chi connectivity index (χ1v) is 6.58. The molecule has 0 aliphatic rings. The molecule has 1 aromatic carbocycles. The van der Waals surface area contributed by atoms with E-state index in [2.05, 4.69) is 4.72 Å². The van der Waals surface area contributed by atoms with Crippen molar-refractivity contribution < 1.29 is 17.9 Å². The van der Waals surface area contributed by atoms with E-state index in [0.29, 0.717) is 5.56 Å². The molecule has 0 unspecified atom stereocenters. The molecule has 6 heteroatoms. The van der Waals surface area contributed by atoms with Gasteiger partial charge in [-0.05, 0) is 38.5 Å². The largest absolute Gasteiger partial charge is 0.389 e. The van der Waals surface area contributed by atoms with E-state index in [1.165, 1.54) is 26.0 Å². The Hall–Kier alpha value is -0.980. The molecule has 0 heterocycles. The lowest BCUT2D eigenvalue weighted by atomic mass is 10.1. The van der Waals surface area contributed by atoms with Gasteiger partial charge in [0, 0.05) is 6.54 Å². The minimum Gasteiger partial charge on any atom is -0.389 e. The topological polar surface area (TPSA) is 66.4 Å². The van der Waals surface area contributed by atoms with E-state index in [4.69, 9.17) is 0 Å². The Morgan fingerprint density at radius 2 is 2.00 bits per heavy atom. The van der Waals surface area contributed by atoms with Crippen LogP contribution < -0.4 is 4.72 Å². The molecule has 4 nitrogen and oxygen atoms in total. The summed E-state index contributed by atoms with van der Waals surface area (Å²) in [5.41, 5.74) is -0.544. The van der Waals surface area contributed by atoms with E-state index >= 15 is 0 Å². The van der Waals surface area contributed by atoms with E-state index in [1.807, 2.05) is 0 Å². The van der Waals surface area contributed by atoms with Crippen molar-refractivity contribution in [1.29, 1.82) is 0 Å². The van der Waals surface area contributed by atoms with Crippen molar-refractivity contribution in [3.8, 4) is 0 Å². The van der Waals surface area contributed by atoms with Crippen molar-refractivity contribution in [2.24, 2.45) is 0 Å². The Bertz CT molecular complexity index is 506. The van der Waals surface area contributed by atoms with Crippen LogP contribution in [0.1, 0.15) is 19.4 Å². The van der Waals surface area contributed by atoms with Gasteiger partial charge in [0.2, 0.25) is 10.0 Å². The van der Waals surface area contributed by atoms with Crippen LogP contribution in [0.25, 0.3) is 0 Å². The zero-order chi connectivity index (χ0) is 13.3. The van der Waals surface area contributed by atoms with Gasteiger partial charge < -0.3 is 5.11 Å². The predicted molar refractivity (Wildman–Crippen MR) is 62.6 cm³/mol. The smallest absolute Gasteiger partial charge is 0.243 e. The van der Waals surface area contributed by atoms with Crippen LogP contribution in [0.2, 0.25) is 0 Å². The van der Waals surface area contributed by atoms with Gasteiger partial charge >= 0.3 is 0 Å². The second-order valence-electron chi connectivity index (χ2n) is 4.57. The van der Waals surface area contributed by atoms with Gasteiger partial charge in [-0.15, -0.1) is 0 Å². The molecule has 0 spiro atoms. The number of aliphatic hydroxyl groups is 1. The molecule has 2 N–H and O–H groups in total. The Kier molecular flexibility index (Phi) is 3.91. The highest BCUT2D eigenvalue weighted by Crippen LogP contribution is 2.15. The molecule has 0 aliphatic heterocycles. The number of halogens is 1. The summed E-state index contributed by atoms with van der Waals surface area (Å²) in [6.45, 7) is 4.41. The summed E-state index contributed by atoms with van der Waals surface area (Å²) in [6.07, 6.45) is 0. The monoisotopic (exact) mass is 261 g/mol. The molecule has 1 rings (SSSR count). The number of hydrogen-bond acceptors (Lipinski definition) is 3. The summed E-state index contributed by atoms with van der Waals surface area (Å²) >= 11 is 0. The Morgan fingerprint density at radius 1 is 1.41 bits per heavy atom. The van der Waals surface area contributed by atoms with Crippen molar-refractivity contribution in [3.63, 3.8) is 0 Å². The maximum Gasteiger partial charge on any atom is 0.243 e. The number of rotatable bonds is 4. The minimum atomic E-state index is -3.93. The quantitative estimate of drug-likeness (QED) is 0.855. The third-order valence-electron chi connectivity index (χ3n) is 2.07. The standard InChI is InChI=1S/C11H16FNO3S/c1-8-4-5-10(9(12)6-8)17(15,16)13-7-11(2,3)14/h4-6,13-14H,7H2,1-3H3. The molecule has 17 heavy (non-hydrogen) atoms. The average molecular weight is 261 g/mol. The second kappa shape index (κ2) is 4.72. The zero-order valence-corrected chi connectivity index (χ0v) is 10.8. The van der Waals surface area contributed by atoms with Crippen molar-refractivity contribution in [2.45, 2.75) is 31.3 Å². The number of aryl methyl sites for hydroxylation is 1. The highest BCUT2D eigenvalue weighted by Gasteiger charge is 2.22. The molecular formula is C11H16FNO3S. The summed E-state index contributed by atoms with van der Waals surface area (Å²) in [5, 5.41) is 9.42. The first-order chi connectivity index (χ1) is 7.62. The number of sulfonamides is 1. The third kappa shape index (κ3) is 4.07. The van der Waals surface area contributed by atoms with Crippen molar-refractivity contribution in [3.05, 3.63) is 29.6 Å². The molecule has 0 atom stereocenters. The first-order valence-electron chi connectivity index (χ1n) is 5.10. The molecule has 0 radical (unpaired) electrons. The van der Waals surface area contributed by atoms with Crippen LogP contribution in [0, 0.1) is 12.7 Å². The molecule has 1 aromatic rings. The molecule has 0 aromatic heterocycles. The maximum atomic E-state index is 13.5. The van der Waals surface area contributed by atoms with E-state index < -0.39 is 26.3 Å². The lowest BCUT2D eigenvalue weighted by Gasteiger charge is -2.17. The highest BCUT2D eigenvalue weighted by molar-refractivity contribution is 7.89. The zero-order valence-electron chi connectivity index (χ0n) is 9.99. The van der Waals surface area contributed by atoms with Gasteiger partial charge in [0.1, 0.15) is 10.7 Å². The van der Waals surface area contributed by atoms with Gasteiger partial charge in [0.05, 0.1) is 5.60 Å². The lowest BCUT2D eigenvalue weighted by molar-refractivity contribution is 0.0857. The fraction of sp³-hybridized carbons (Fsp3) is 0.455. The molecular weight excluding hydrogens is 245 g/mol. The lowest BCUT2D eigenvalue weighted by Crippen LogP contribution is -2.38. The Balaban J connectivity index is 2.98. The highest BCUT2D eigenvalue weighted by atomic mass is 32.2. The normalized spacial score (nSPS) is 12.8. The SMILES string of the molecule is Cc1ccc(S(=O)(=O)NCC(C)(C)O)c(F)c1. The maximum absolute atomic E-state index is 13.5. The second-order valence-corrected chi connectivity index (χ2v) is 6.31.